The summed E-state index contributed by atoms with van der Waals surface area (Å²) in [6, 6.07) is 9.41. The zero-order chi connectivity index (χ0) is 23.0. The van der Waals surface area contributed by atoms with Gasteiger partial charge in [-0.1, -0.05) is 44.2 Å². The van der Waals surface area contributed by atoms with Crippen molar-refractivity contribution in [1.82, 2.24) is 10.6 Å². The van der Waals surface area contributed by atoms with Crippen LogP contribution in [0.3, 0.4) is 0 Å². The molecule has 178 valence electrons. The minimum Gasteiger partial charge on any atom is -0.381 e. The first kappa shape index (κ1) is 23.6. The highest BCUT2D eigenvalue weighted by Crippen LogP contribution is 2.61. The number of rotatable bonds is 6. The van der Waals surface area contributed by atoms with E-state index in [1.807, 2.05) is 19.9 Å². The van der Waals surface area contributed by atoms with Gasteiger partial charge in [0.05, 0.1) is 19.2 Å². The van der Waals surface area contributed by atoms with Crippen molar-refractivity contribution in [1.29, 1.82) is 0 Å². The van der Waals surface area contributed by atoms with Crippen molar-refractivity contribution >= 4 is 5.91 Å². The molecule has 4 unspecified atom stereocenters. The summed E-state index contributed by atoms with van der Waals surface area (Å²) in [6.07, 6.45) is 4.69. The normalized spacial score (nSPS) is 38.8. The zero-order valence-electron chi connectivity index (χ0n) is 19.7. The van der Waals surface area contributed by atoms with Gasteiger partial charge in [-0.3, -0.25) is 4.79 Å². The van der Waals surface area contributed by atoms with E-state index < -0.39 is 17.4 Å². The standard InChI is InChI=1S/C26H38F2N2O2/c1-4-32-18-23(2)12-19-13-24(3,22(31)30-21-10-11-29-17-26(21,27)28)16-25(14-19,15-23)20-8-6-5-7-9-20/h5-9,19,21,29H,4,10-18H2,1-3H3,(H,30,31)/t19?,21?,23-,24?,25?/m0/s1. The van der Waals surface area contributed by atoms with E-state index in [9.17, 15) is 13.6 Å². The Labute approximate surface area is 190 Å². The third kappa shape index (κ3) is 4.58. The molecule has 2 N–H and O–H groups in total. The SMILES string of the molecule is CCOC[C@@]1(C)CC2CC(C)(C(=O)NC3CCNCC3(F)F)CC(c3ccccc3)(C2)C1. The molecule has 1 aliphatic heterocycles. The first-order valence-electron chi connectivity index (χ1n) is 12.1. The topological polar surface area (TPSA) is 50.4 Å². The molecule has 2 aliphatic carbocycles. The predicted molar refractivity (Wildman–Crippen MR) is 122 cm³/mol. The molecule has 1 saturated heterocycles. The van der Waals surface area contributed by atoms with Gasteiger partial charge in [-0.25, -0.2) is 8.78 Å². The highest BCUT2D eigenvalue weighted by Gasteiger charge is 2.57. The maximum atomic E-state index is 14.4. The van der Waals surface area contributed by atoms with Crippen LogP contribution in [0.25, 0.3) is 0 Å². The molecule has 0 aromatic heterocycles. The Bertz CT molecular complexity index is 819. The van der Waals surface area contributed by atoms with Crippen LogP contribution in [0.1, 0.15) is 64.9 Å². The Balaban J connectivity index is 1.62. The van der Waals surface area contributed by atoms with Crippen LogP contribution in [-0.4, -0.2) is 44.2 Å². The van der Waals surface area contributed by atoms with E-state index in [4.69, 9.17) is 4.74 Å². The minimum atomic E-state index is -2.91. The summed E-state index contributed by atoms with van der Waals surface area (Å²) in [6.45, 7) is 7.88. The van der Waals surface area contributed by atoms with Gasteiger partial charge in [0, 0.05) is 12.0 Å². The number of benzene rings is 1. The van der Waals surface area contributed by atoms with E-state index in [1.165, 1.54) is 5.56 Å². The largest absolute Gasteiger partial charge is 0.381 e. The molecule has 1 aromatic carbocycles. The summed E-state index contributed by atoms with van der Waals surface area (Å²) in [4.78, 5) is 13.5. The van der Waals surface area contributed by atoms with Crippen molar-refractivity contribution in [2.75, 3.05) is 26.3 Å². The van der Waals surface area contributed by atoms with E-state index >= 15 is 0 Å². The van der Waals surface area contributed by atoms with E-state index in [0.717, 1.165) is 32.3 Å². The van der Waals surface area contributed by atoms with E-state index in [2.05, 4.69) is 41.8 Å². The van der Waals surface area contributed by atoms with Crippen LogP contribution in [0.4, 0.5) is 8.78 Å². The average molecular weight is 449 g/mol. The lowest BCUT2D eigenvalue weighted by Gasteiger charge is -2.57. The predicted octanol–water partition coefficient (Wildman–Crippen LogP) is 4.68. The van der Waals surface area contributed by atoms with Crippen molar-refractivity contribution < 1.29 is 18.3 Å². The van der Waals surface area contributed by atoms with Gasteiger partial charge in [-0.15, -0.1) is 0 Å². The first-order chi connectivity index (χ1) is 15.1. The first-order valence-corrected chi connectivity index (χ1v) is 12.1. The molecule has 5 atom stereocenters. The Morgan fingerprint density at radius 3 is 2.59 bits per heavy atom. The summed E-state index contributed by atoms with van der Waals surface area (Å²) in [7, 11) is 0. The van der Waals surface area contributed by atoms with Gasteiger partial charge in [0.1, 0.15) is 0 Å². The third-order valence-corrected chi connectivity index (χ3v) is 8.07. The molecule has 1 heterocycles. The van der Waals surface area contributed by atoms with E-state index in [-0.39, 0.29) is 29.7 Å². The van der Waals surface area contributed by atoms with Gasteiger partial charge in [-0.05, 0) is 74.3 Å². The molecule has 6 heteroatoms. The summed E-state index contributed by atoms with van der Waals surface area (Å²) < 4.78 is 34.7. The lowest BCUT2D eigenvalue weighted by atomic mass is 9.47. The lowest BCUT2D eigenvalue weighted by Crippen LogP contribution is -2.61. The number of halogens is 2. The second-order valence-corrected chi connectivity index (χ2v) is 11.2. The fraction of sp³-hybridized carbons (Fsp3) is 0.731. The van der Waals surface area contributed by atoms with Crippen molar-refractivity contribution in [3.63, 3.8) is 0 Å². The molecule has 4 rings (SSSR count). The molecule has 1 aromatic rings. The average Bonchev–Trinajstić information content (AvgIpc) is 2.73. The number of piperidine rings is 1. The second-order valence-electron chi connectivity index (χ2n) is 11.2. The van der Waals surface area contributed by atoms with Crippen LogP contribution in [0.2, 0.25) is 0 Å². The highest BCUT2D eigenvalue weighted by molar-refractivity contribution is 5.83. The molecule has 3 fully saturated rings. The molecule has 2 bridgehead atoms. The molecule has 4 nitrogen and oxygen atoms in total. The van der Waals surface area contributed by atoms with E-state index in [0.29, 0.717) is 25.5 Å². The van der Waals surface area contributed by atoms with Crippen molar-refractivity contribution in [3.8, 4) is 0 Å². The zero-order valence-corrected chi connectivity index (χ0v) is 19.7. The molecular weight excluding hydrogens is 410 g/mol. The van der Waals surface area contributed by atoms with Crippen LogP contribution < -0.4 is 10.6 Å². The fourth-order valence-electron chi connectivity index (χ4n) is 7.11. The number of carbonyl (C=O) groups excluding carboxylic acids is 1. The fourth-order valence-corrected chi connectivity index (χ4v) is 7.11. The molecule has 3 aliphatic rings. The number of hydrogen-bond acceptors (Lipinski definition) is 3. The van der Waals surface area contributed by atoms with Crippen LogP contribution >= 0.6 is 0 Å². The number of ether oxygens (including phenoxy) is 1. The maximum Gasteiger partial charge on any atom is 0.280 e. The Hall–Kier alpha value is -1.53. The number of hydrogen-bond donors (Lipinski definition) is 2. The maximum absolute atomic E-state index is 14.4. The highest BCUT2D eigenvalue weighted by atomic mass is 19.3. The van der Waals surface area contributed by atoms with Crippen LogP contribution in [0.5, 0.6) is 0 Å². The third-order valence-electron chi connectivity index (χ3n) is 8.07. The van der Waals surface area contributed by atoms with E-state index in [1.54, 1.807) is 0 Å². The van der Waals surface area contributed by atoms with Gasteiger partial charge in [0.15, 0.2) is 0 Å². The Kier molecular flexibility index (Phi) is 6.40. The van der Waals surface area contributed by atoms with Crippen LogP contribution in [-0.2, 0) is 14.9 Å². The molecule has 32 heavy (non-hydrogen) atoms. The Morgan fingerprint density at radius 2 is 1.91 bits per heavy atom. The lowest BCUT2D eigenvalue weighted by molar-refractivity contribution is -0.144. The van der Waals surface area contributed by atoms with Crippen molar-refractivity contribution in [2.45, 2.75) is 76.7 Å². The summed E-state index contributed by atoms with van der Waals surface area (Å²) in [5, 5.41) is 5.52. The van der Waals surface area contributed by atoms with Gasteiger partial charge >= 0.3 is 0 Å². The molecule has 0 radical (unpaired) electrons. The number of fused-ring (bicyclic) bond motifs is 2. The number of amides is 1. The number of alkyl halides is 2. The van der Waals surface area contributed by atoms with Gasteiger partial charge in [0.25, 0.3) is 5.92 Å². The monoisotopic (exact) mass is 448 g/mol. The molecule has 0 spiro atoms. The van der Waals surface area contributed by atoms with Crippen LogP contribution in [0, 0.1) is 16.7 Å². The molecular formula is C26H38F2N2O2. The minimum absolute atomic E-state index is 0.0502. The van der Waals surface area contributed by atoms with Gasteiger partial charge in [0.2, 0.25) is 5.91 Å². The number of nitrogens with one attached hydrogen (secondary N) is 2. The molecule has 2 saturated carbocycles. The summed E-state index contributed by atoms with van der Waals surface area (Å²) in [5.41, 5.74) is 0.511. The Morgan fingerprint density at radius 1 is 1.16 bits per heavy atom. The molecule has 1 amide bonds. The summed E-state index contributed by atoms with van der Waals surface area (Å²) in [5.74, 6) is -2.75. The van der Waals surface area contributed by atoms with Crippen molar-refractivity contribution in [3.05, 3.63) is 35.9 Å². The number of carbonyl (C=O) groups is 1. The van der Waals surface area contributed by atoms with Gasteiger partial charge < -0.3 is 15.4 Å². The quantitative estimate of drug-likeness (QED) is 0.664. The van der Waals surface area contributed by atoms with Crippen molar-refractivity contribution in [2.24, 2.45) is 16.7 Å². The van der Waals surface area contributed by atoms with Gasteiger partial charge in [-0.2, -0.15) is 0 Å². The second kappa shape index (κ2) is 8.68. The smallest absolute Gasteiger partial charge is 0.280 e. The van der Waals surface area contributed by atoms with Crippen LogP contribution in [0.15, 0.2) is 30.3 Å². The summed E-state index contributed by atoms with van der Waals surface area (Å²) >= 11 is 0.